The van der Waals surface area contributed by atoms with Gasteiger partial charge in [-0.1, -0.05) is 0 Å². The van der Waals surface area contributed by atoms with E-state index in [0.29, 0.717) is 11.7 Å². The zero-order chi connectivity index (χ0) is 13.0. The molecule has 0 amide bonds. The van der Waals surface area contributed by atoms with Crippen LogP contribution in [-0.4, -0.2) is 43.8 Å². The molecule has 0 spiro atoms. The van der Waals surface area contributed by atoms with Gasteiger partial charge < -0.3 is 19.9 Å². The van der Waals surface area contributed by atoms with E-state index in [2.05, 4.69) is 15.3 Å². The van der Waals surface area contributed by atoms with E-state index in [-0.39, 0.29) is 11.3 Å². The largest absolute Gasteiger partial charge is 0.489 e. The topological polar surface area (TPSA) is 70.2 Å². The van der Waals surface area contributed by atoms with Gasteiger partial charge in [0.05, 0.1) is 13.4 Å². The molecule has 1 aromatic rings. The van der Waals surface area contributed by atoms with Crippen LogP contribution < -0.4 is 20.5 Å². The number of aromatic amines is 1. The molecule has 1 aliphatic rings. The van der Waals surface area contributed by atoms with E-state index < -0.39 is 0 Å². The van der Waals surface area contributed by atoms with Crippen LogP contribution in [0, 0.1) is 5.92 Å². The maximum Gasteiger partial charge on any atom is 0.295 e. The average molecular weight is 252 g/mol. The Kier molecular flexibility index (Phi) is 4.19. The van der Waals surface area contributed by atoms with E-state index in [0.717, 1.165) is 19.6 Å². The summed E-state index contributed by atoms with van der Waals surface area (Å²) in [6.07, 6.45) is 3.83. The monoisotopic (exact) mass is 252 g/mol. The van der Waals surface area contributed by atoms with E-state index in [9.17, 15) is 4.79 Å². The third kappa shape index (κ3) is 2.81. The molecule has 1 unspecified atom stereocenters. The normalized spacial score (nSPS) is 19.6. The first-order valence-electron chi connectivity index (χ1n) is 6.26. The number of rotatable bonds is 4. The Morgan fingerprint density at radius 2 is 2.44 bits per heavy atom. The first-order chi connectivity index (χ1) is 8.72. The molecule has 1 aromatic heterocycles. The number of nitrogens with zero attached hydrogens (tertiary/aromatic N) is 2. The molecule has 1 saturated heterocycles. The Bertz CT molecular complexity index is 440. The summed E-state index contributed by atoms with van der Waals surface area (Å²) in [5.74, 6) is 1.48. The van der Waals surface area contributed by atoms with Gasteiger partial charge in [-0.2, -0.15) is 0 Å². The van der Waals surface area contributed by atoms with Gasteiger partial charge >= 0.3 is 0 Å². The lowest BCUT2D eigenvalue weighted by Gasteiger charge is -2.28. The second kappa shape index (κ2) is 5.86. The van der Waals surface area contributed by atoms with Crippen LogP contribution in [0.15, 0.2) is 11.1 Å². The highest BCUT2D eigenvalue weighted by atomic mass is 16.5. The van der Waals surface area contributed by atoms with Gasteiger partial charge in [-0.15, -0.1) is 0 Å². The van der Waals surface area contributed by atoms with Crippen molar-refractivity contribution in [2.24, 2.45) is 5.92 Å². The molecule has 0 aliphatic carbocycles. The van der Waals surface area contributed by atoms with Crippen LogP contribution in [0.1, 0.15) is 12.8 Å². The van der Waals surface area contributed by atoms with Crippen LogP contribution in [-0.2, 0) is 0 Å². The number of ether oxygens (including phenoxy) is 1. The molecule has 2 rings (SSSR count). The molecule has 1 fully saturated rings. The van der Waals surface area contributed by atoms with Crippen molar-refractivity contribution in [3.8, 4) is 5.75 Å². The van der Waals surface area contributed by atoms with E-state index in [4.69, 9.17) is 4.74 Å². The number of nitrogens with one attached hydrogen (secondary N) is 2. The minimum absolute atomic E-state index is 0.240. The quantitative estimate of drug-likeness (QED) is 0.802. The summed E-state index contributed by atoms with van der Waals surface area (Å²) in [6, 6.07) is 0. The lowest BCUT2D eigenvalue weighted by atomic mass is 9.99. The number of anilines is 1. The molecule has 6 heteroatoms. The molecule has 0 saturated carbocycles. The fourth-order valence-corrected chi connectivity index (χ4v) is 2.39. The Hall–Kier alpha value is -1.56. The minimum atomic E-state index is -0.240. The SMILES string of the molecule is COc1c(N(C)CC2CCCNC2)nc[nH]c1=O. The predicted octanol–water partition coefficient (Wildman–Crippen LogP) is 0.214. The zero-order valence-corrected chi connectivity index (χ0v) is 10.9. The molecular weight excluding hydrogens is 232 g/mol. The van der Waals surface area contributed by atoms with Gasteiger partial charge in [0, 0.05) is 13.6 Å². The van der Waals surface area contributed by atoms with Crippen molar-refractivity contribution in [2.75, 3.05) is 38.7 Å². The first-order valence-corrected chi connectivity index (χ1v) is 6.26. The minimum Gasteiger partial charge on any atom is -0.489 e. The van der Waals surface area contributed by atoms with Crippen LogP contribution >= 0.6 is 0 Å². The lowest BCUT2D eigenvalue weighted by molar-refractivity contribution is 0.375. The molecular formula is C12H20N4O2. The third-order valence-corrected chi connectivity index (χ3v) is 3.29. The van der Waals surface area contributed by atoms with Crippen LogP contribution in [0.3, 0.4) is 0 Å². The van der Waals surface area contributed by atoms with Crippen molar-refractivity contribution in [3.05, 3.63) is 16.7 Å². The van der Waals surface area contributed by atoms with Crippen molar-refractivity contribution < 1.29 is 4.74 Å². The molecule has 0 bridgehead atoms. The Morgan fingerprint density at radius 1 is 1.61 bits per heavy atom. The second-order valence-electron chi connectivity index (χ2n) is 4.68. The summed E-state index contributed by atoms with van der Waals surface area (Å²) in [5, 5.41) is 3.39. The van der Waals surface area contributed by atoms with Gasteiger partial charge in [-0.25, -0.2) is 4.98 Å². The molecule has 0 aromatic carbocycles. The molecule has 2 heterocycles. The van der Waals surface area contributed by atoms with Crippen LogP contribution in [0.25, 0.3) is 0 Å². The smallest absolute Gasteiger partial charge is 0.295 e. The molecule has 18 heavy (non-hydrogen) atoms. The average Bonchev–Trinajstić information content (AvgIpc) is 2.39. The maximum absolute atomic E-state index is 11.6. The summed E-state index contributed by atoms with van der Waals surface area (Å²) < 4.78 is 5.12. The van der Waals surface area contributed by atoms with E-state index in [1.807, 2.05) is 11.9 Å². The number of hydrogen-bond acceptors (Lipinski definition) is 5. The Labute approximate surface area is 106 Å². The summed E-state index contributed by atoms with van der Waals surface area (Å²) in [5.41, 5.74) is -0.240. The number of aromatic nitrogens is 2. The van der Waals surface area contributed by atoms with Crippen LogP contribution in [0.2, 0.25) is 0 Å². The number of hydrogen-bond donors (Lipinski definition) is 2. The van der Waals surface area contributed by atoms with E-state index in [1.54, 1.807) is 0 Å². The van der Waals surface area contributed by atoms with Crippen molar-refractivity contribution in [1.82, 2.24) is 15.3 Å². The van der Waals surface area contributed by atoms with Crippen molar-refractivity contribution in [2.45, 2.75) is 12.8 Å². The summed E-state index contributed by atoms with van der Waals surface area (Å²) in [7, 11) is 3.44. The lowest BCUT2D eigenvalue weighted by Crippen LogP contribution is -2.37. The van der Waals surface area contributed by atoms with Gasteiger partial charge in [0.2, 0.25) is 5.75 Å². The van der Waals surface area contributed by atoms with Gasteiger partial charge in [-0.05, 0) is 31.8 Å². The standard InChI is InChI=1S/C12H20N4O2/c1-16(7-9-4-3-5-13-6-9)11-10(18-2)12(17)15-8-14-11/h8-9,13H,3-7H2,1-2H3,(H,14,15,17). The molecule has 100 valence electrons. The Morgan fingerprint density at radius 3 is 3.11 bits per heavy atom. The summed E-state index contributed by atoms with van der Waals surface area (Å²) in [6.45, 7) is 3.00. The number of piperidine rings is 1. The highest BCUT2D eigenvalue weighted by molar-refractivity contribution is 5.49. The highest BCUT2D eigenvalue weighted by Crippen LogP contribution is 2.21. The molecule has 1 atom stereocenters. The summed E-state index contributed by atoms with van der Waals surface area (Å²) >= 11 is 0. The van der Waals surface area contributed by atoms with Crippen molar-refractivity contribution >= 4 is 5.82 Å². The van der Waals surface area contributed by atoms with Crippen molar-refractivity contribution in [3.63, 3.8) is 0 Å². The first kappa shape index (κ1) is 12.9. The van der Waals surface area contributed by atoms with Crippen molar-refractivity contribution in [1.29, 1.82) is 0 Å². The van der Waals surface area contributed by atoms with Gasteiger partial charge in [0.15, 0.2) is 5.82 Å². The third-order valence-electron chi connectivity index (χ3n) is 3.29. The fraction of sp³-hybridized carbons (Fsp3) is 0.667. The summed E-state index contributed by atoms with van der Waals surface area (Å²) in [4.78, 5) is 20.3. The molecule has 0 radical (unpaired) electrons. The van der Waals surface area contributed by atoms with E-state index >= 15 is 0 Å². The molecule has 2 N–H and O–H groups in total. The number of H-pyrrole nitrogens is 1. The Balaban J connectivity index is 2.10. The zero-order valence-electron chi connectivity index (χ0n) is 10.9. The van der Waals surface area contributed by atoms with Gasteiger partial charge in [0.1, 0.15) is 0 Å². The molecule has 1 aliphatic heterocycles. The van der Waals surface area contributed by atoms with E-state index in [1.165, 1.54) is 26.3 Å². The number of methoxy groups -OCH3 is 1. The van der Waals surface area contributed by atoms with Crippen LogP contribution in [0.4, 0.5) is 5.82 Å². The highest BCUT2D eigenvalue weighted by Gasteiger charge is 2.19. The van der Waals surface area contributed by atoms with Gasteiger partial charge in [0.25, 0.3) is 5.56 Å². The fourth-order valence-electron chi connectivity index (χ4n) is 2.39. The van der Waals surface area contributed by atoms with Gasteiger partial charge in [-0.3, -0.25) is 4.79 Å². The maximum atomic E-state index is 11.6. The predicted molar refractivity (Wildman–Crippen MR) is 70.3 cm³/mol. The molecule has 6 nitrogen and oxygen atoms in total. The second-order valence-corrected chi connectivity index (χ2v) is 4.68. The van der Waals surface area contributed by atoms with Crippen LogP contribution in [0.5, 0.6) is 5.75 Å².